The van der Waals surface area contributed by atoms with Crippen molar-refractivity contribution in [2.45, 2.75) is 37.8 Å². The van der Waals surface area contributed by atoms with Crippen molar-refractivity contribution in [1.29, 1.82) is 0 Å². The lowest BCUT2D eigenvalue weighted by molar-refractivity contribution is 0.0998. The molecule has 1 aliphatic heterocycles. The summed E-state index contributed by atoms with van der Waals surface area (Å²) in [6.45, 7) is 5.36. The number of ether oxygens (including phenoxy) is 1. The van der Waals surface area contributed by atoms with Crippen LogP contribution >= 0.6 is 0 Å². The highest BCUT2D eigenvalue weighted by molar-refractivity contribution is 5.74. The minimum atomic E-state index is -0.175. The van der Waals surface area contributed by atoms with E-state index in [0.29, 0.717) is 13.2 Å². The van der Waals surface area contributed by atoms with Crippen LogP contribution in [0.2, 0.25) is 0 Å². The van der Waals surface area contributed by atoms with Crippen LogP contribution < -0.4 is 10.6 Å². The maximum Gasteiger partial charge on any atom is 0.315 e. The molecule has 1 aliphatic rings. The summed E-state index contributed by atoms with van der Waals surface area (Å²) in [5, 5.41) is 10.2. The van der Waals surface area contributed by atoms with E-state index < -0.39 is 0 Å². The summed E-state index contributed by atoms with van der Waals surface area (Å²) in [6, 6.07) is 3.73. The lowest BCUT2D eigenvalue weighted by atomic mass is 9.85. The van der Waals surface area contributed by atoms with E-state index in [0.717, 1.165) is 17.5 Å². The number of hydrogen-bond donors (Lipinski definition) is 2. The van der Waals surface area contributed by atoms with E-state index >= 15 is 0 Å². The first-order valence-electron chi connectivity index (χ1n) is 8.51. The lowest BCUT2D eigenvalue weighted by Crippen LogP contribution is -2.46. The Bertz CT molecular complexity index is 713. The first kappa shape index (κ1) is 17.4. The molecule has 7 heteroatoms. The van der Waals surface area contributed by atoms with Gasteiger partial charge in [0.15, 0.2) is 0 Å². The Morgan fingerprint density at radius 3 is 2.84 bits per heavy atom. The van der Waals surface area contributed by atoms with E-state index in [1.54, 1.807) is 23.3 Å². The molecule has 0 aromatic carbocycles. The Balaban J connectivity index is 1.55. The van der Waals surface area contributed by atoms with E-state index in [9.17, 15) is 4.79 Å². The molecule has 0 spiro atoms. The van der Waals surface area contributed by atoms with E-state index in [-0.39, 0.29) is 23.6 Å². The first-order chi connectivity index (χ1) is 12.0. The predicted molar refractivity (Wildman–Crippen MR) is 94.1 cm³/mol. The topological polar surface area (TPSA) is 81.1 Å². The molecule has 2 aromatic heterocycles. The number of nitrogens with one attached hydrogen (secondary N) is 2. The smallest absolute Gasteiger partial charge is 0.315 e. The maximum atomic E-state index is 12.3. The molecule has 0 aliphatic carbocycles. The molecular weight excluding hydrogens is 318 g/mol. The summed E-state index contributed by atoms with van der Waals surface area (Å²) in [5.41, 5.74) is 1.96. The molecule has 1 saturated heterocycles. The van der Waals surface area contributed by atoms with Gasteiger partial charge < -0.3 is 15.4 Å². The van der Waals surface area contributed by atoms with E-state index in [1.807, 2.05) is 25.4 Å². The summed E-state index contributed by atoms with van der Waals surface area (Å²) in [7, 11) is 1.87. The molecule has 3 heterocycles. The Morgan fingerprint density at radius 2 is 2.16 bits per heavy atom. The maximum absolute atomic E-state index is 12.3. The van der Waals surface area contributed by atoms with E-state index in [4.69, 9.17) is 4.74 Å². The highest BCUT2D eigenvalue weighted by Gasteiger charge is 2.32. The molecular formula is C18H25N5O2. The minimum Gasteiger partial charge on any atom is -0.371 e. The van der Waals surface area contributed by atoms with Crippen molar-refractivity contribution < 1.29 is 9.53 Å². The molecule has 1 fully saturated rings. The Hall–Kier alpha value is -2.41. The van der Waals surface area contributed by atoms with Crippen molar-refractivity contribution in [3.8, 4) is 0 Å². The number of rotatable bonds is 5. The number of aryl methyl sites for hydroxylation is 1. The zero-order chi connectivity index (χ0) is 17.9. The summed E-state index contributed by atoms with van der Waals surface area (Å²) in [5.74, 6) is 0. The number of pyridine rings is 1. The van der Waals surface area contributed by atoms with Crippen LogP contribution in [0.25, 0.3) is 0 Å². The average Bonchev–Trinajstić information content (AvgIpc) is 3.22. The van der Waals surface area contributed by atoms with Gasteiger partial charge in [0.1, 0.15) is 6.10 Å². The summed E-state index contributed by atoms with van der Waals surface area (Å²) in [4.78, 5) is 16.4. The third kappa shape index (κ3) is 4.17. The van der Waals surface area contributed by atoms with Crippen molar-refractivity contribution in [3.05, 3.63) is 48.0 Å². The Kier molecular flexibility index (Phi) is 5.03. The molecule has 25 heavy (non-hydrogen) atoms. The molecule has 2 atom stereocenters. The van der Waals surface area contributed by atoms with Gasteiger partial charge in [-0.25, -0.2) is 4.79 Å². The van der Waals surface area contributed by atoms with Gasteiger partial charge in [-0.1, -0.05) is 13.8 Å². The number of carbonyl (C=O) groups is 1. The van der Waals surface area contributed by atoms with Crippen LogP contribution in [0.1, 0.15) is 37.5 Å². The molecule has 7 nitrogen and oxygen atoms in total. The normalized spacial score (nSPS) is 20.4. The largest absolute Gasteiger partial charge is 0.371 e. The zero-order valence-electron chi connectivity index (χ0n) is 14.9. The first-order valence-corrected chi connectivity index (χ1v) is 8.51. The van der Waals surface area contributed by atoms with Crippen LogP contribution in [0.3, 0.4) is 0 Å². The van der Waals surface area contributed by atoms with Gasteiger partial charge >= 0.3 is 6.03 Å². The molecule has 134 valence electrons. The van der Waals surface area contributed by atoms with Gasteiger partial charge in [0.25, 0.3) is 0 Å². The molecule has 0 bridgehead atoms. The highest BCUT2D eigenvalue weighted by atomic mass is 16.5. The second kappa shape index (κ2) is 7.23. The van der Waals surface area contributed by atoms with Crippen LogP contribution in [0.5, 0.6) is 0 Å². The fraction of sp³-hybridized carbons (Fsp3) is 0.500. The fourth-order valence-electron chi connectivity index (χ4n) is 3.08. The third-order valence-corrected chi connectivity index (χ3v) is 4.61. The van der Waals surface area contributed by atoms with Crippen molar-refractivity contribution >= 4 is 6.03 Å². The molecule has 2 aromatic rings. The van der Waals surface area contributed by atoms with Gasteiger partial charge in [-0.15, -0.1) is 0 Å². The van der Waals surface area contributed by atoms with Gasteiger partial charge in [-0.3, -0.25) is 9.67 Å². The van der Waals surface area contributed by atoms with Gasteiger partial charge in [0.05, 0.1) is 12.2 Å². The average molecular weight is 343 g/mol. The summed E-state index contributed by atoms with van der Waals surface area (Å²) >= 11 is 0. The quantitative estimate of drug-likeness (QED) is 0.869. The minimum absolute atomic E-state index is 0.0479. The molecule has 2 amide bonds. The summed E-state index contributed by atoms with van der Waals surface area (Å²) < 4.78 is 7.52. The number of urea groups is 1. The molecule has 0 radical (unpaired) electrons. The molecule has 3 rings (SSSR count). The molecule has 0 unspecified atom stereocenters. The number of aromatic nitrogens is 3. The summed E-state index contributed by atoms with van der Waals surface area (Å²) in [6.07, 6.45) is 7.90. The van der Waals surface area contributed by atoms with Crippen molar-refractivity contribution in [3.63, 3.8) is 0 Å². The van der Waals surface area contributed by atoms with Crippen molar-refractivity contribution in [2.75, 3.05) is 13.2 Å². The van der Waals surface area contributed by atoms with Crippen LogP contribution in [-0.2, 0) is 17.2 Å². The second-order valence-corrected chi connectivity index (χ2v) is 7.08. The van der Waals surface area contributed by atoms with Gasteiger partial charge in [-0.05, 0) is 24.1 Å². The molecule has 2 N–H and O–H groups in total. The SMILES string of the molecule is Cn1cc([C@H]2OCC[C@@H]2NC(=O)NCC(C)(C)c2ccncc2)cn1. The van der Waals surface area contributed by atoms with Crippen LogP contribution in [-0.4, -0.2) is 40.0 Å². The predicted octanol–water partition coefficient (Wildman–Crippen LogP) is 1.92. The second-order valence-electron chi connectivity index (χ2n) is 7.08. The lowest BCUT2D eigenvalue weighted by Gasteiger charge is -2.26. The zero-order valence-corrected chi connectivity index (χ0v) is 14.9. The molecule has 0 saturated carbocycles. The van der Waals surface area contributed by atoms with Crippen molar-refractivity contribution in [1.82, 2.24) is 25.4 Å². The highest BCUT2D eigenvalue weighted by Crippen LogP contribution is 2.28. The van der Waals surface area contributed by atoms with Crippen LogP contribution in [0, 0.1) is 0 Å². The van der Waals surface area contributed by atoms with Crippen molar-refractivity contribution in [2.24, 2.45) is 7.05 Å². The number of carbonyl (C=O) groups excluding carboxylic acids is 1. The van der Waals surface area contributed by atoms with Gasteiger partial charge in [0.2, 0.25) is 0 Å². The van der Waals surface area contributed by atoms with Gasteiger partial charge in [-0.2, -0.15) is 5.10 Å². The van der Waals surface area contributed by atoms with E-state index in [1.165, 1.54) is 0 Å². The fourth-order valence-corrected chi connectivity index (χ4v) is 3.08. The number of amides is 2. The number of hydrogen-bond acceptors (Lipinski definition) is 4. The number of nitrogens with zero attached hydrogens (tertiary/aromatic N) is 3. The van der Waals surface area contributed by atoms with E-state index in [2.05, 4.69) is 34.6 Å². The van der Waals surface area contributed by atoms with Crippen LogP contribution in [0.15, 0.2) is 36.9 Å². The monoisotopic (exact) mass is 343 g/mol. The van der Waals surface area contributed by atoms with Crippen LogP contribution in [0.4, 0.5) is 4.79 Å². The third-order valence-electron chi connectivity index (χ3n) is 4.61. The standard InChI is InChI=1S/C18H25N5O2/c1-18(2,14-4-7-19-8-5-14)12-20-17(24)22-15-6-9-25-16(15)13-10-21-23(3)11-13/h4-5,7-8,10-11,15-16H,6,9,12H2,1-3H3,(H2,20,22,24)/t15-,16+/m0/s1. The Labute approximate surface area is 147 Å². The Morgan fingerprint density at radius 1 is 1.40 bits per heavy atom. The van der Waals surface area contributed by atoms with Gasteiger partial charge in [0, 0.05) is 49.8 Å².